The molecular formula is C47H82O15P2. The predicted molar refractivity (Wildman–Crippen MR) is 251 cm³/mol. The summed E-state index contributed by atoms with van der Waals surface area (Å²) >= 11 is 0. The monoisotopic (exact) mass is 949 g/mol. The van der Waals surface area contributed by atoms with Crippen molar-refractivity contribution in [3.8, 4) is 0 Å². The number of hydrogen-bond acceptors (Lipinski definition) is 13. The number of phosphoric ester groups is 2. The van der Waals surface area contributed by atoms with Gasteiger partial charge in [-0.05, 0) is 70.6 Å². The van der Waals surface area contributed by atoms with E-state index in [1.165, 1.54) is 25.7 Å². The molecule has 0 aromatic rings. The summed E-state index contributed by atoms with van der Waals surface area (Å²) in [4.78, 5) is 43.7. The number of aliphatic hydroxyl groups is 3. The summed E-state index contributed by atoms with van der Waals surface area (Å²) in [5.74, 6) is -1.03. The van der Waals surface area contributed by atoms with Crippen molar-refractivity contribution < 1.29 is 71.4 Å². The first kappa shape index (κ1) is 61.5. The van der Waals surface area contributed by atoms with Gasteiger partial charge < -0.3 is 34.6 Å². The van der Waals surface area contributed by atoms with Crippen LogP contribution in [-0.2, 0) is 46.3 Å². The van der Waals surface area contributed by atoms with Crippen LogP contribution in [0.3, 0.4) is 0 Å². The smallest absolute Gasteiger partial charge is 0.463 e. The second-order valence-corrected chi connectivity index (χ2v) is 18.4. The molecule has 64 heavy (non-hydrogen) atoms. The van der Waals surface area contributed by atoms with Crippen LogP contribution in [0.2, 0.25) is 0 Å². The maximum absolute atomic E-state index is 12.2. The molecule has 0 aliphatic heterocycles. The number of ether oxygens (including phenoxy) is 2. The van der Waals surface area contributed by atoms with Crippen LogP contribution >= 0.6 is 15.6 Å². The highest BCUT2D eigenvalue weighted by atomic mass is 31.2. The lowest BCUT2D eigenvalue weighted by Gasteiger charge is -2.19. The van der Waals surface area contributed by atoms with Crippen LogP contribution in [0.1, 0.15) is 155 Å². The average molecular weight is 949 g/mol. The van der Waals surface area contributed by atoms with Gasteiger partial charge in [0, 0.05) is 12.8 Å². The van der Waals surface area contributed by atoms with Crippen molar-refractivity contribution in [3.05, 3.63) is 72.9 Å². The van der Waals surface area contributed by atoms with E-state index in [1.807, 2.05) is 24.3 Å². The van der Waals surface area contributed by atoms with Gasteiger partial charge in [0.2, 0.25) is 0 Å². The van der Waals surface area contributed by atoms with Crippen LogP contribution in [-0.4, -0.2) is 95.0 Å². The fourth-order valence-corrected chi connectivity index (χ4v) is 7.16. The van der Waals surface area contributed by atoms with E-state index >= 15 is 0 Å². The molecule has 0 saturated carbocycles. The minimum absolute atomic E-state index is 0.170. The van der Waals surface area contributed by atoms with Crippen LogP contribution in [0.25, 0.3) is 0 Å². The van der Waals surface area contributed by atoms with Crippen LogP contribution in [0.5, 0.6) is 0 Å². The van der Waals surface area contributed by atoms with Gasteiger partial charge in [0.1, 0.15) is 31.5 Å². The Hall–Kier alpha value is -2.52. The molecule has 0 aliphatic rings. The lowest BCUT2D eigenvalue weighted by Crippen LogP contribution is -2.25. The van der Waals surface area contributed by atoms with Crippen molar-refractivity contribution in [3.63, 3.8) is 0 Å². The third kappa shape index (κ3) is 44.7. The van der Waals surface area contributed by atoms with E-state index in [-0.39, 0.29) is 12.8 Å². The molecule has 0 aliphatic carbocycles. The number of unbranched alkanes of at least 4 members (excludes halogenated alkanes) is 14. The summed E-state index contributed by atoms with van der Waals surface area (Å²) in [5.41, 5.74) is 0. The Bertz CT molecular complexity index is 1430. The van der Waals surface area contributed by atoms with E-state index in [1.54, 1.807) is 0 Å². The number of carbonyl (C=O) groups is 2. The third-order valence-corrected chi connectivity index (χ3v) is 11.1. The van der Waals surface area contributed by atoms with Crippen molar-refractivity contribution in [1.82, 2.24) is 0 Å². The molecule has 0 fully saturated rings. The van der Waals surface area contributed by atoms with Gasteiger partial charge in [-0.1, -0.05) is 145 Å². The standard InChI is InChI=1S/C47H82O15P2/c1-3-5-7-9-11-13-15-17-18-19-20-21-22-24-26-28-30-32-34-36-47(52)58-38-44(49)40-60-64(55,56)62-42-45(50)41-61-63(53,54)59-39-43(48)37-57-46(51)35-33-31-29-27-25-23-16-14-12-10-8-6-4-2/h6,8,10-14,16-18,20-21,43-45,48-50H,3-5,7,9,15,19,22-42H2,1-2H3,(H,53,54)(H,55,56)/b8-6+,12-10+,13-11-,16-14-,18-17-,21-20-. The van der Waals surface area contributed by atoms with Gasteiger partial charge >= 0.3 is 27.6 Å². The van der Waals surface area contributed by atoms with Crippen molar-refractivity contribution in [1.29, 1.82) is 0 Å². The SMILES string of the molecule is CC/C=C/C=C/C=C\CCCCCCCC(=O)OCC(O)COP(=O)(O)OCC(O)COP(=O)(O)OCC(O)COC(=O)CCCCCCCC/C=C\C/C=C\C/C=C\CCCCC. The average Bonchev–Trinajstić information content (AvgIpc) is 3.27. The molecule has 0 aromatic heterocycles. The Balaban J connectivity index is 3.93. The largest absolute Gasteiger partial charge is 0.472 e. The van der Waals surface area contributed by atoms with E-state index in [4.69, 9.17) is 9.47 Å². The molecule has 370 valence electrons. The first-order valence-corrected chi connectivity index (χ1v) is 26.3. The highest BCUT2D eigenvalue weighted by molar-refractivity contribution is 7.47. The molecule has 17 heteroatoms. The van der Waals surface area contributed by atoms with Gasteiger partial charge in [0.15, 0.2) is 0 Å². The lowest BCUT2D eigenvalue weighted by molar-refractivity contribution is -0.148. The predicted octanol–water partition coefficient (Wildman–Crippen LogP) is 10.4. The highest BCUT2D eigenvalue weighted by Crippen LogP contribution is 2.45. The van der Waals surface area contributed by atoms with Gasteiger partial charge in [0.25, 0.3) is 0 Å². The second kappa shape index (κ2) is 43.1. The molecule has 0 spiro atoms. The summed E-state index contributed by atoms with van der Waals surface area (Å²) in [6, 6.07) is 0. The zero-order chi connectivity index (χ0) is 47.4. The summed E-state index contributed by atoms with van der Waals surface area (Å²) in [6.45, 7) is 0.195. The number of rotatable bonds is 44. The molecule has 0 bridgehead atoms. The molecular weight excluding hydrogens is 866 g/mol. The Labute approximate surface area is 383 Å². The number of carbonyl (C=O) groups excluding carboxylic acids is 2. The first-order valence-electron chi connectivity index (χ1n) is 23.3. The topological polar surface area (TPSA) is 225 Å². The van der Waals surface area contributed by atoms with Crippen molar-refractivity contribution in [2.24, 2.45) is 0 Å². The number of aliphatic hydroxyl groups excluding tert-OH is 3. The third-order valence-electron chi connectivity index (χ3n) is 9.21. The minimum Gasteiger partial charge on any atom is -0.463 e. The Morgan fingerprint density at radius 1 is 0.438 bits per heavy atom. The van der Waals surface area contributed by atoms with Crippen molar-refractivity contribution in [2.75, 3.05) is 39.6 Å². The van der Waals surface area contributed by atoms with Crippen molar-refractivity contribution >= 4 is 27.6 Å². The van der Waals surface area contributed by atoms with Gasteiger partial charge in [-0.15, -0.1) is 0 Å². The fourth-order valence-electron chi connectivity index (χ4n) is 5.57. The summed E-state index contributed by atoms with van der Waals surface area (Å²) in [7, 11) is -9.58. The number of allylic oxidation sites excluding steroid dienone is 12. The molecule has 0 rings (SSSR count). The second-order valence-electron chi connectivity index (χ2n) is 15.4. The van der Waals surface area contributed by atoms with Crippen LogP contribution in [0.15, 0.2) is 72.9 Å². The minimum atomic E-state index is -4.79. The molecule has 0 heterocycles. The quantitative estimate of drug-likeness (QED) is 0.0126. The molecule has 0 amide bonds. The summed E-state index contributed by atoms with van der Waals surface area (Å²) in [5, 5.41) is 30.0. The molecule has 0 aromatic carbocycles. The van der Waals surface area contributed by atoms with E-state index < -0.39 is 85.5 Å². The van der Waals surface area contributed by atoms with E-state index in [2.05, 4.69) is 80.6 Å². The maximum atomic E-state index is 12.2. The summed E-state index contributed by atoms with van der Waals surface area (Å²) < 4.78 is 52.9. The van der Waals surface area contributed by atoms with E-state index in [9.17, 15) is 43.8 Å². The Kier molecular flexibility index (Phi) is 41.4. The fraction of sp³-hybridized carbons (Fsp3) is 0.702. The molecule has 5 N–H and O–H groups in total. The first-order chi connectivity index (χ1) is 30.8. The van der Waals surface area contributed by atoms with Crippen LogP contribution in [0, 0.1) is 0 Å². The van der Waals surface area contributed by atoms with E-state index in [0.29, 0.717) is 12.8 Å². The van der Waals surface area contributed by atoms with Gasteiger partial charge in [-0.25, -0.2) is 9.13 Å². The number of hydrogen-bond donors (Lipinski definition) is 5. The Morgan fingerprint density at radius 2 is 0.781 bits per heavy atom. The van der Waals surface area contributed by atoms with E-state index in [0.717, 1.165) is 89.9 Å². The van der Waals surface area contributed by atoms with Crippen molar-refractivity contribution in [2.45, 2.75) is 173 Å². The molecule has 0 saturated heterocycles. The van der Waals surface area contributed by atoms with Crippen LogP contribution in [0.4, 0.5) is 0 Å². The zero-order valence-corrected chi connectivity index (χ0v) is 40.5. The molecule has 15 nitrogen and oxygen atoms in total. The van der Waals surface area contributed by atoms with Crippen LogP contribution < -0.4 is 0 Å². The molecule has 0 radical (unpaired) electrons. The summed E-state index contributed by atoms with van der Waals surface area (Å²) in [6.07, 6.45) is 41.8. The van der Waals surface area contributed by atoms with Gasteiger partial charge in [-0.3, -0.25) is 27.7 Å². The Morgan fingerprint density at radius 3 is 1.20 bits per heavy atom. The highest BCUT2D eigenvalue weighted by Gasteiger charge is 2.28. The molecule has 5 atom stereocenters. The number of phosphoric acid groups is 2. The zero-order valence-electron chi connectivity index (χ0n) is 38.7. The normalized spacial score (nSPS) is 15.8. The van der Waals surface area contributed by atoms with Gasteiger partial charge in [-0.2, -0.15) is 0 Å². The maximum Gasteiger partial charge on any atom is 0.472 e. The number of esters is 2. The lowest BCUT2D eigenvalue weighted by atomic mass is 10.1. The van der Waals surface area contributed by atoms with Gasteiger partial charge in [0.05, 0.1) is 26.4 Å². The molecule has 5 unspecified atom stereocenters.